The van der Waals surface area contributed by atoms with Crippen molar-refractivity contribution < 1.29 is 38.6 Å². The summed E-state index contributed by atoms with van der Waals surface area (Å²) in [6.07, 6.45) is 4.25. The molecular formula is C53H70N8O8. The van der Waals surface area contributed by atoms with Crippen LogP contribution in [0.5, 0.6) is 5.75 Å². The number of aromatic nitrogens is 2. The number of carbonyl (C=O) groups is 5. The summed E-state index contributed by atoms with van der Waals surface area (Å²) in [4.78, 5) is 79.2. The van der Waals surface area contributed by atoms with Crippen LogP contribution in [0.2, 0.25) is 0 Å². The highest BCUT2D eigenvalue weighted by atomic mass is 16.5. The van der Waals surface area contributed by atoms with E-state index in [0.717, 1.165) is 44.5 Å². The Hall–Kier alpha value is -5.84. The number of carbonyl (C=O) groups excluding carboxylic acids is 5. The minimum Gasteiger partial charge on any atom is -0.508 e. The number of nitrogens with one attached hydrogen (secondary N) is 2. The average molecular weight is 947 g/mol. The SMILES string of the molecule is CCn1c(-c2cccnc2[C@H](C)OC)c2c3cc(ccc31)-c1cc(O)cc(c1)C[C@H](NC(=O)[C@H](C(C)C)N1CCCC3(CN(C(=O)[C@H](C)CN)C3)C1=O)C(=O)N1CCC[C@H](N1)C(=O)OCC(C)(C)C2. The number of pyridine rings is 1. The summed E-state index contributed by atoms with van der Waals surface area (Å²) in [5, 5.41) is 16.9. The third kappa shape index (κ3) is 9.72. The van der Waals surface area contributed by atoms with Crippen molar-refractivity contribution in [1.82, 2.24) is 35.1 Å². The maximum absolute atomic E-state index is 14.8. The van der Waals surface area contributed by atoms with Crippen molar-refractivity contribution in [2.45, 2.75) is 118 Å². The van der Waals surface area contributed by atoms with E-state index in [1.807, 2.05) is 39.0 Å². The second-order valence-corrected chi connectivity index (χ2v) is 20.9. The van der Waals surface area contributed by atoms with Gasteiger partial charge in [-0.15, -0.1) is 0 Å². The maximum Gasteiger partial charge on any atom is 0.324 e. The molecule has 3 saturated heterocycles. The molecule has 16 nitrogen and oxygen atoms in total. The van der Waals surface area contributed by atoms with Crippen LogP contribution in [0.1, 0.15) is 97.1 Å². The van der Waals surface area contributed by atoms with Gasteiger partial charge in [-0.25, -0.2) is 5.43 Å². The molecule has 4 amide bonds. The van der Waals surface area contributed by atoms with Gasteiger partial charge < -0.3 is 40.0 Å². The van der Waals surface area contributed by atoms with E-state index in [4.69, 9.17) is 20.2 Å². The third-order valence-electron chi connectivity index (χ3n) is 14.8. The summed E-state index contributed by atoms with van der Waals surface area (Å²) in [7, 11) is 1.67. The summed E-state index contributed by atoms with van der Waals surface area (Å²) in [6, 6.07) is 12.6. The molecule has 370 valence electrons. The molecule has 16 heteroatoms. The molecule has 8 rings (SSSR count). The molecule has 0 radical (unpaired) electrons. The van der Waals surface area contributed by atoms with Crippen molar-refractivity contribution >= 4 is 40.5 Å². The van der Waals surface area contributed by atoms with Gasteiger partial charge in [0.05, 0.1) is 29.5 Å². The number of cyclic esters (lactones) is 1. The fourth-order valence-electron chi connectivity index (χ4n) is 11.0. The molecular weight excluding hydrogens is 877 g/mol. The number of likely N-dealkylation sites (tertiary alicyclic amines) is 2. The summed E-state index contributed by atoms with van der Waals surface area (Å²) >= 11 is 0. The Morgan fingerprint density at radius 2 is 1.80 bits per heavy atom. The summed E-state index contributed by atoms with van der Waals surface area (Å²) < 4.78 is 14.2. The monoisotopic (exact) mass is 947 g/mol. The van der Waals surface area contributed by atoms with E-state index in [-0.39, 0.29) is 74.7 Å². The van der Waals surface area contributed by atoms with Crippen molar-refractivity contribution in [3.63, 3.8) is 0 Å². The standard InChI is InChI=1S/C53H70N8O8/c1-9-59-43-16-15-35-25-39(43)40(46(59)38-13-10-18-55-44(38)33(5)68-8)26-52(6,7)30-69-50(66)41-14-11-20-61(57-41)49(65)42(23-34-21-36(35)24-37(62)22-34)56-47(63)45(31(2)3)60-19-12-17-53(51(60)67)28-58(29-53)48(64)32(4)27-54/h10,13,15-16,18,21-22,24-25,31-33,41-42,45,57,62H,9,11-12,14,17,19-20,23,26-30,54H2,1-8H3,(H,56,63)/t32-,33+,41+,42+,45+/m1/s1. The number of ether oxygens (including phenoxy) is 2. The smallest absolute Gasteiger partial charge is 0.324 e. The lowest BCUT2D eigenvalue weighted by Crippen LogP contribution is -2.70. The second-order valence-electron chi connectivity index (χ2n) is 20.9. The Bertz CT molecular complexity index is 2620. The Morgan fingerprint density at radius 3 is 2.51 bits per heavy atom. The molecule has 4 aliphatic heterocycles. The van der Waals surface area contributed by atoms with Crippen LogP contribution in [-0.4, -0.2) is 124 Å². The molecule has 0 saturated carbocycles. The Balaban J connectivity index is 1.19. The zero-order valence-electron chi connectivity index (χ0n) is 41.5. The number of rotatable bonds is 10. The number of aromatic hydroxyl groups is 1. The van der Waals surface area contributed by atoms with E-state index in [2.05, 4.69) is 54.3 Å². The highest BCUT2D eigenvalue weighted by Crippen LogP contribution is 2.44. The first-order valence-corrected chi connectivity index (χ1v) is 24.7. The molecule has 6 heterocycles. The molecule has 5 atom stereocenters. The van der Waals surface area contributed by atoms with Crippen molar-refractivity contribution in [1.29, 1.82) is 0 Å². The number of hydrogen-bond donors (Lipinski definition) is 4. The third-order valence-corrected chi connectivity index (χ3v) is 14.8. The molecule has 69 heavy (non-hydrogen) atoms. The van der Waals surface area contributed by atoms with Crippen molar-refractivity contribution in [2.24, 2.45) is 28.4 Å². The molecule has 3 fully saturated rings. The Kier molecular flexibility index (Phi) is 14.3. The predicted octanol–water partition coefficient (Wildman–Crippen LogP) is 5.52. The maximum atomic E-state index is 14.8. The van der Waals surface area contributed by atoms with Gasteiger partial charge in [-0.2, -0.15) is 0 Å². The van der Waals surface area contributed by atoms with Crippen LogP contribution in [-0.2, 0) is 52.8 Å². The number of methoxy groups -OCH3 is 1. The second kappa shape index (κ2) is 19.9. The van der Waals surface area contributed by atoms with Crippen LogP contribution in [0.3, 0.4) is 0 Å². The predicted molar refractivity (Wildman–Crippen MR) is 262 cm³/mol. The fourth-order valence-corrected chi connectivity index (χ4v) is 11.0. The number of phenolic OH excluding ortho intramolecular Hbond substituents is 1. The van der Waals surface area contributed by atoms with Gasteiger partial charge in [0.25, 0.3) is 5.91 Å². The van der Waals surface area contributed by atoms with Crippen LogP contribution < -0.4 is 16.5 Å². The fraction of sp³-hybridized carbons (Fsp3) is 0.547. The lowest BCUT2D eigenvalue weighted by Gasteiger charge is -2.54. The number of nitrogens with two attached hydrogens (primary N) is 1. The number of hydrogen-bond acceptors (Lipinski definition) is 11. The van der Waals surface area contributed by atoms with Gasteiger partial charge in [-0.05, 0) is 111 Å². The molecule has 2 aromatic carbocycles. The van der Waals surface area contributed by atoms with E-state index in [1.54, 1.807) is 42.2 Å². The van der Waals surface area contributed by atoms with E-state index in [9.17, 15) is 29.1 Å². The lowest BCUT2D eigenvalue weighted by atomic mass is 9.71. The van der Waals surface area contributed by atoms with Gasteiger partial charge in [0.1, 0.15) is 23.9 Å². The van der Waals surface area contributed by atoms with E-state index in [0.29, 0.717) is 50.8 Å². The summed E-state index contributed by atoms with van der Waals surface area (Å²) in [6.45, 7) is 16.0. The summed E-state index contributed by atoms with van der Waals surface area (Å²) in [5.41, 5.74) is 14.6. The van der Waals surface area contributed by atoms with E-state index < -0.39 is 46.7 Å². The molecule has 4 aliphatic rings. The Labute approximate surface area is 405 Å². The number of benzene rings is 2. The number of aryl methyl sites for hydroxylation is 1. The molecule has 0 aliphatic carbocycles. The normalized spacial score (nSPS) is 21.9. The molecule has 5 N–H and O–H groups in total. The van der Waals surface area contributed by atoms with E-state index in [1.165, 1.54) is 5.01 Å². The zero-order chi connectivity index (χ0) is 49.5. The van der Waals surface area contributed by atoms with Crippen LogP contribution in [0.25, 0.3) is 33.3 Å². The number of nitrogens with zero attached hydrogens (tertiary/aromatic N) is 5. The summed E-state index contributed by atoms with van der Waals surface area (Å²) in [5.74, 6) is -2.37. The van der Waals surface area contributed by atoms with Crippen molar-refractivity contribution in [2.75, 3.05) is 46.4 Å². The average Bonchev–Trinajstić information content (AvgIpc) is 3.62. The van der Waals surface area contributed by atoms with Crippen LogP contribution in [0.15, 0.2) is 54.7 Å². The minimum atomic E-state index is -1.16. The van der Waals surface area contributed by atoms with Gasteiger partial charge >= 0.3 is 5.97 Å². The Morgan fingerprint density at radius 1 is 1.03 bits per heavy atom. The quantitative estimate of drug-likeness (QED) is 0.146. The minimum absolute atomic E-state index is 0.00211. The first kappa shape index (κ1) is 49.6. The number of piperidine rings is 1. The van der Waals surface area contributed by atoms with E-state index >= 15 is 0 Å². The zero-order valence-corrected chi connectivity index (χ0v) is 41.5. The molecule has 4 aromatic rings. The van der Waals surface area contributed by atoms with Gasteiger partial charge in [0.2, 0.25) is 17.7 Å². The van der Waals surface area contributed by atoms with Crippen molar-refractivity contribution in [3.05, 3.63) is 71.5 Å². The van der Waals surface area contributed by atoms with Crippen LogP contribution in [0.4, 0.5) is 0 Å². The number of esters is 1. The van der Waals surface area contributed by atoms with Crippen molar-refractivity contribution in [3.8, 4) is 28.1 Å². The number of hydrazine groups is 1. The molecule has 1 spiro atoms. The number of fused-ring (bicyclic) bond motifs is 6. The topological polar surface area (TPSA) is 202 Å². The first-order valence-electron chi connectivity index (χ1n) is 24.7. The molecule has 2 aromatic heterocycles. The number of amides is 4. The highest BCUT2D eigenvalue weighted by molar-refractivity contribution is 5.97. The van der Waals surface area contributed by atoms with Gasteiger partial charge in [-0.3, -0.25) is 34.0 Å². The highest BCUT2D eigenvalue weighted by Gasteiger charge is 2.56. The first-order chi connectivity index (χ1) is 32.9. The van der Waals surface area contributed by atoms with Gasteiger partial charge in [-0.1, -0.05) is 46.8 Å². The molecule has 0 unspecified atom stereocenters. The van der Waals surface area contributed by atoms with Crippen LogP contribution >= 0.6 is 0 Å². The molecule has 6 bridgehead atoms. The number of phenols is 1. The lowest BCUT2D eigenvalue weighted by molar-refractivity contribution is -0.172. The largest absolute Gasteiger partial charge is 0.508 e. The van der Waals surface area contributed by atoms with Gasteiger partial charge in [0.15, 0.2) is 0 Å². The van der Waals surface area contributed by atoms with Gasteiger partial charge in [0, 0.05) is 86.8 Å². The van der Waals surface area contributed by atoms with Crippen LogP contribution in [0, 0.1) is 22.7 Å².